The van der Waals surface area contributed by atoms with Crippen LogP contribution in [0.3, 0.4) is 0 Å². The molecule has 0 atom stereocenters. The van der Waals surface area contributed by atoms with Gasteiger partial charge in [0, 0.05) is 36.6 Å². The Bertz CT molecular complexity index is 597. The Hall–Kier alpha value is -2.30. The Morgan fingerprint density at radius 2 is 1.90 bits per heavy atom. The summed E-state index contributed by atoms with van der Waals surface area (Å²) in [5.74, 6) is 2.35. The fourth-order valence-electron chi connectivity index (χ4n) is 2.15. The SMILES string of the molecule is CCN(CC)c1cc(C)nc(Nc2cccc(OC)c2)n1. The van der Waals surface area contributed by atoms with Gasteiger partial charge in [-0.3, -0.25) is 0 Å². The van der Waals surface area contributed by atoms with Crippen LogP contribution in [-0.2, 0) is 0 Å². The van der Waals surface area contributed by atoms with Gasteiger partial charge < -0.3 is 15.0 Å². The molecule has 1 N–H and O–H groups in total. The maximum Gasteiger partial charge on any atom is 0.229 e. The van der Waals surface area contributed by atoms with Gasteiger partial charge in [-0.1, -0.05) is 6.07 Å². The maximum atomic E-state index is 5.22. The number of hydrogen-bond acceptors (Lipinski definition) is 5. The monoisotopic (exact) mass is 286 g/mol. The number of anilines is 3. The van der Waals surface area contributed by atoms with Gasteiger partial charge in [0.25, 0.3) is 0 Å². The van der Waals surface area contributed by atoms with Crippen molar-refractivity contribution in [2.24, 2.45) is 0 Å². The Balaban J connectivity index is 2.27. The van der Waals surface area contributed by atoms with Crippen LogP contribution in [0.5, 0.6) is 5.75 Å². The Kier molecular flexibility index (Phi) is 4.98. The van der Waals surface area contributed by atoms with Gasteiger partial charge in [-0.25, -0.2) is 4.98 Å². The summed E-state index contributed by atoms with van der Waals surface area (Å²) in [4.78, 5) is 11.2. The molecule has 0 fully saturated rings. The zero-order valence-electron chi connectivity index (χ0n) is 13.1. The van der Waals surface area contributed by atoms with Gasteiger partial charge in [0.2, 0.25) is 5.95 Å². The summed E-state index contributed by atoms with van der Waals surface area (Å²) >= 11 is 0. The first-order valence-electron chi connectivity index (χ1n) is 7.18. The van der Waals surface area contributed by atoms with E-state index in [0.29, 0.717) is 5.95 Å². The summed E-state index contributed by atoms with van der Waals surface area (Å²) in [5.41, 5.74) is 1.85. The van der Waals surface area contributed by atoms with Crippen molar-refractivity contribution in [2.45, 2.75) is 20.8 Å². The molecule has 0 radical (unpaired) electrons. The number of nitrogens with zero attached hydrogens (tertiary/aromatic N) is 3. The normalized spacial score (nSPS) is 10.3. The summed E-state index contributed by atoms with van der Waals surface area (Å²) in [6, 6.07) is 9.73. The van der Waals surface area contributed by atoms with Crippen LogP contribution >= 0.6 is 0 Å². The average Bonchev–Trinajstić information content (AvgIpc) is 2.48. The first kappa shape index (κ1) is 15.1. The number of nitrogens with one attached hydrogen (secondary N) is 1. The molecule has 21 heavy (non-hydrogen) atoms. The molecular weight excluding hydrogens is 264 g/mol. The van der Waals surface area contributed by atoms with E-state index >= 15 is 0 Å². The maximum absolute atomic E-state index is 5.22. The van der Waals surface area contributed by atoms with E-state index in [2.05, 4.69) is 34.0 Å². The van der Waals surface area contributed by atoms with Crippen LogP contribution in [-0.4, -0.2) is 30.2 Å². The minimum atomic E-state index is 0.602. The van der Waals surface area contributed by atoms with E-state index in [1.54, 1.807) is 7.11 Å². The number of benzene rings is 1. The van der Waals surface area contributed by atoms with Crippen LogP contribution < -0.4 is 15.0 Å². The standard InChI is InChI=1S/C16H22N4O/c1-5-20(6-2)15-10-12(3)17-16(19-15)18-13-8-7-9-14(11-13)21-4/h7-11H,5-6H2,1-4H3,(H,17,18,19). The third kappa shape index (κ3) is 3.84. The molecule has 2 aromatic rings. The second-order valence-electron chi connectivity index (χ2n) is 4.72. The van der Waals surface area contributed by atoms with Crippen LogP contribution in [0.4, 0.5) is 17.5 Å². The first-order chi connectivity index (χ1) is 10.2. The molecule has 0 amide bonds. The average molecular weight is 286 g/mol. The minimum Gasteiger partial charge on any atom is -0.497 e. The van der Waals surface area contributed by atoms with Crippen LogP contribution in [0, 0.1) is 6.92 Å². The quantitative estimate of drug-likeness (QED) is 0.882. The molecule has 0 spiro atoms. The van der Waals surface area contributed by atoms with Crippen LogP contribution in [0.1, 0.15) is 19.5 Å². The van der Waals surface area contributed by atoms with Gasteiger partial charge in [0.1, 0.15) is 11.6 Å². The number of hydrogen-bond donors (Lipinski definition) is 1. The van der Waals surface area contributed by atoms with E-state index in [9.17, 15) is 0 Å². The molecule has 0 aliphatic carbocycles. The molecule has 0 aliphatic heterocycles. The number of rotatable bonds is 6. The molecule has 5 nitrogen and oxygen atoms in total. The van der Waals surface area contributed by atoms with Crippen molar-refractivity contribution in [1.29, 1.82) is 0 Å². The summed E-state index contributed by atoms with van der Waals surface area (Å²) in [5, 5.41) is 3.23. The van der Waals surface area contributed by atoms with Gasteiger partial charge in [-0.15, -0.1) is 0 Å². The fraction of sp³-hybridized carbons (Fsp3) is 0.375. The molecule has 0 unspecified atom stereocenters. The van der Waals surface area contributed by atoms with Gasteiger partial charge in [0.15, 0.2) is 0 Å². The lowest BCUT2D eigenvalue weighted by Crippen LogP contribution is -2.23. The Morgan fingerprint density at radius 3 is 2.57 bits per heavy atom. The second-order valence-corrected chi connectivity index (χ2v) is 4.72. The first-order valence-corrected chi connectivity index (χ1v) is 7.18. The van der Waals surface area contributed by atoms with Gasteiger partial charge >= 0.3 is 0 Å². The number of aromatic nitrogens is 2. The van der Waals surface area contributed by atoms with Crippen molar-refractivity contribution in [3.05, 3.63) is 36.0 Å². The van der Waals surface area contributed by atoms with Crippen molar-refractivity contribution in [1.82, 2.24) is 9.97 Å². The lowest BCUT2D eigenvalue weighted by molar-refractivity contribution is 0.415. The third-order valence-corrected chi connectivity index (χ3v) is 3.25. The highest BCUT2D eigenvalue weighted by Gasteiger charge is 2.08. The van der Waals surface area contributed by atoms with E-state index < -0.39 is 0 Å². The van der Waals surface area contributed by atoms with E-state index in [0.717, 1.165) is 36.0 Å². The summed E-state index contributed by atoms with van der Waals surface area (Å²) in [6.07, 6.45) is 0. The Morgan fingerprint density at radius 1 is 1.14 bits per heavy atom. The topological polar surface area (TPSA) is 50.3 Å². The minimum absolute atomic E-state index is 0.602. The molecule has 0 bridgehead atoms. The molecule has 0 aliphatic rings. The number of methoxy groups -OCH3 is 1. The molecule has 1 aromatic heterocycles. The molecular formula is C16H22N4O. The number of ether oxygens (including phenoxy) is 1. The summed E-state index contributed by atoms with van der Waals surface area (Å²) < 4.78 is 5.22. The van der Waals surface area contributed by atoms with Crippen LogP contribution in [0.25, 0.3) is 0 Å². The summed E-state index contributed by atoms with van der Waals surface area (Å²) in [7, 11) is 1.65. The van der Waals surface area contributed by atoms with Crippen LogP contribution in [0.2, 0.25) is 0 Å². The van der Waals surface area contributed by atoms with E-state index in [1.807, 2.05) is 37.3 Å². The predicted octanol–water partition coefficient (Wildman–Crippen LogP) is 3.38. The van der Waals surface area contributed by atoms with Crippen molar-refractivity contribution in [2.75, 3.05) is 30.4 Å². The molecule has 1 heterocycles. The molecule has 2 rings (SSSR count). The van der Waals surface area contributed by atoms with E-state index in [1.165, 1.54) is 0 Å². The lowest BCUT2D eigenvalue weighted by atomic mass is 10.3. The van der Waals surface area contributed by atoms with Gasteiger partial charge in [-0.2, -0.15) is 4.98 Å². The Labute approximate surface area is 126 Å². The molecule has 112 valence electrons. The third-order valence-electron chi connectivity index (χ3n) is 3.25. The van der Waals surface area contributed by atoms with Crippen molar-refractivity contribution in [3.8, 4) is 5.75 Å². The highest BCUT2D eigenvalue weighted by atomic mass is 16.5. The van der Waals surface area contributed by atoms with Gasteiger partial charge in [0.05, 0.1) is 7.11 Å². The highest BCUT2D eigenvalue weighted by Crippen LogP contribution is 2.21. The summed E-state index contributed by atoms with van der Waals surface area (Å²) in [6.45, 7) is 8.06. The zero-order valence-corrected chi connectivity index (χ0v) is 13.1. The van der Waals surface area contributed by atoms with E-state index in [4.69, 9.17) is 4.74 Å². The predicted molar refractivity (Wildman–Crippen MR) is 86.6 cm³/mol. The highest BCUT2D eigenvalue weighted by molar-refractivity contribution is 5.57. The number of aryl methyl sites for hydroxylation is 1. The van der Waals surface area contributed by atoms with Gasteiger partial charge in [-0.05, 0) is 32.9 Å². The second kappa shape index (κ2) is 6.92. The lowest BCUT2D eigenvalue weighted by Gasteiger charge is -2.20. The van der Waals surface area contributed by atoms with Crippen molar-refractivity contribution in [3.63, 3.8) is 0 Å². The van der Waals surface area contributed by atoms with Crippen LogP contribution in [0.15, 0.2) is 30.3 Å². The zero-order chi connectivity index (χ0) is 15.2. The fourth-order valence-corrected chi connectivity index (χ4v) is 2.15. The molecule has 0 saturated carbocycles. The van der Waals surface area contributed by atoms with E-state index in [-0.39, 0.29) is 0 Å². The largest absolute Gasteiger partial charge is 0.497 e. The molecule has 0 saturated heterocycles. The smallest absolute Gasteiger partial charge is 0.229 e. The molecule has 1 aromatic carbocycles. The molecule has 5 heteroatoms. The van der Waals surface area contributed by atoms with Crippen molar-refractivity contribution < 1.29 is 4.74 Å². The van der Waals surface area contributed by atoms with Crippen molar-refractivity contribution >= 4 is 17.5 Å².